The average molecular weight is 272 g/mol. The number of aliphatic hydroxyl groups is 1. The van der Waals surface area contributed by atoms with Crippen molar-refractivity contribution in [3.8, 4) is 5.75 Å². The highest BCUT2D eigenvalue weighted by atomic mass is 16.5. The molecular formula is C18H24O2. The second kappa shape index (κ2) is 6.76. The Morgan fingerprint density at radius 3 is 2.55 bits per heavy atom. The van der Waals surface area contributed by atoms with E-state index >= 15 is 0 Å². The van der Waals surface area contributed by atoms with Crippen LogP contribution in [0.15, 0.2) is 36.4 Å². The summed E-state index contributed by atoms with van der Waals surface area (Å²) in [5.41, 5.74) is 0.868. The lowest BCUT2D eigenvalue weighted by Gasteiger charge is -2.18. The van der Waals surface area contributed by atoms with Crippen LogP contribution in [0, 0.1) is 5.92 Å². The Morgan fingerprint density at radius 2 is 1.85 bits per heavy atom. The lowest BCUT2D eigenvalue weighted by molar-refractivity contribution is 0.187. The number of rotatable bonds is 6. The third-order valence-electron chi connectivity index (χ3n) is 3.65. The van der Waals surface area contributed by atoms with Gasteiger partial charge in [-0.05, 0) is 24.6 Å². The van der Waals surface area contributed by atoms with Crippen LogP contribution in [0.25, 0.3) is 10.8 Å². The molecule has 2 nitrogen and oxygen atoms in total. The van der Waals surface area contributed by atoms with E-state index in [0.29, 0.717) is 12.5 Å². The molecule has 0 amide bonds. The number of hydrogen-bond donors (Lipinski definition) is 1. The zero-order valence-electron chi connectivity index (χ0n) is 12.6. The first-order valence-electron chi connectivity index (χ1n) is 7.46. The molecule has 0 aliphatic carbocycles. The van der Waals surface area contributed by atoms with E-state index in [1.54, 1.807) is 6.92 Å². The van der Waals surface area contributed by atoms with Crippen LogP contribution in [-0.4, -0.2) is 11.7 Å². The van der Waals surface area contributed by atoms with E-state index in [9.17, 15) is 5.11 Å². The van der Waals surface area contributed by atoms with Crippen LogP contribution >= 0.6 is 0 Å². The first-order valence-corrected chi connectivity index (χ1v) is 7.46. The molecular weight excluding hydrogens is 248 g/mol. The molecule has 20 heavy (non-hydrogen) atoms. The maximum Gasteiger partial charge on any atom is 0.132 e. The highest BCUT2D eigenvalue weighted by Gasteiger charge is 2.14. The summed E-state index contributed by atoms with van der Waals surface area (Å²) >= 11 is 0. The molecule has 0 fully saturated rings. The van der Waals surface area contributed by atoms with Crippen molar-refractivity contribution < 1.29 is 9.84 Å². The molecule has 0 aliphatic heterocycles. The summed E-state index contributed by atoms with van der Waals surface area (Å²) in [7, 11) is 0. The Labute approximate surface area is 121 Å². The summed E-state index contributed by atoms with van der Waals surface area (Å²) in [5, 5.41) is 12.2. The molecule has 108 valence electrons. The van der Waals surface area contributed by atoms with E-state index in [-0.39, 0.29) is 0 Å². The summed E-state index contributed by atoms with van der Waals surface area (Å²) in [5.74, 6) is 1.36. The van der Waals surface area contributed by atoms with Gasteiger partial charge in [0.1, 0.15) is 5.75 Å². The summed E-state index contributed by atoms with van der Waals surface area (Å²) in [6, 6.07) is 12.2. The predicted octanol–water partition coefficient (Wildman–Crippen LogP) is 4.71. The Morgan fingerprint density at radius 1 is 1.10 bits per heavy atom. The molecule has 0 aromatic heterocycles. The number of hydrogen-bond acceptors (Lipinski definition) is 2. The van der Waals surface area contributed by atoms with Crippen LogP contribution in [0.3, 0.4) is 0 Å². The first-order chi connectivity index (χ1) is 9.63. The van der Waals surface area contributed by atoms with Crippen LogP contribution in [0.2, 0.25) is 0 Å². The SMILES string of the molecule is CCCC(C)COc1c(C(C)O)ccc2ccccc12. The van der Waals surface area contributed by atoms with Crippen molar-refractivity contribution in [1.29, 1.82) is 0 Å². The molecule has 2 aromatic rings. The van der Waals surface area contributed by atoms with Crippen molar-refractivity contribution in [3.05, 3.63) is 42.0 Å². The number of aliphatic hydroxyl groups excluding tert-OH is 1. The van der Waals surface area contributed by atoms with Gasteiger partial charge in [0.05, 0.1) is 12.7 Å². The molecule has 2 unspecified atom stereocenters. The topological polar surface area (TPSA) is 29.5 Å². The molecule has 2 heteroatoms. The highest BCUT2D eigenvalue weighted by Crippen LogP contribution is 2.34. The highest BCUT2D eigenvalue weighted by molar-refractivity contribution is 5.89. The Hall–Kier alpha value is -1.54. The van der Waals surface area contributed by atoms with Crippen molar-refractivity contribution in [3.63, 3.8) is 0 Å². The van der Waals surface area contributed by atoms with Crippen LogP contribution in [0.5, 0.6) is 5.75 Å². The van der Waals surface area contributed by atoms with E-state index in [1.165, 1.54) is 6.42 Å². The van der Waals surface area contributed by atoms with Crippen molar-refractivity contribution in [2.45, 2.75) is 39.7 Å². The largest absolute Gasteiger partial charge is 0.492 e. The van der Waals surface area contributed by atoms with Gasteiger partial charge in [-0.1, -0.05) is 56.7 Å². The van der Waals surface area contributed by atoms with Gasteiger partial charge in [-0.2, -0.15) is 0 Å². The van der Waals surface area contributed by atoms with Gasteiger partial charge in [-0.25, -0.2) is 0 Å². The Balaban J connectivity index is 2.34. The fourth-order valence-electron chi connectivity index (χ4n) is 2.55. The van der Waals surface area contributed by atoms with Crippen LogP contribution in [0.4, 0.5) is 0 Å². The van der Waals surface area contributed by atoms with Gasteiger partial charge in [-0.3, -0.25) is 0 Å². The van der Waals surface area contributed by atoms with Gasteiger partial charge in [-0.15, -0.1) is 0 Å². The van der Waals surface area contributed by atoms with Crippen molar-refractivity contribution in [2.24, 2.45) is 5.92 Å². The summed E-state index contributed by atoms with van der Waals surface area (Å²) < 4.78 is 6.07. The fourth-order valence-corrected chi connectivity index (χ4v) is 2.55. The van der Waals surface area contributed by atoms with Gasteiger partial charge >= 0.3 is 0 Å². The van der Waals surface area contributed by atoms with Gasteiger partial charge in [0.15, 0.2) is 0 Å². The molecule has 0 bridgehead atoms. The number of benzene rings is 2. The first kappa shape index (κ1) is 14.9. The number of ether oxygens (including phenoxy) is 1. The van der Waals surface area contributed by atoms with Crippen LogP contribution in [-0.2, 0) is 0 Å². The Kier molecular flexibility index (Phi) is 5.02. The minimum atomic E-state index is -0.518. The fraction of sp³-hybridized carbons (Fsp3) is 0.444. The smallest absolute Gasteiger partial charge is 0.132 e. The van der Waals surface area contributed by atoms with Gasteiger partial charge in [0.25, 0.3) is 0 Å². The van der Waals surface area contributed by atoms with E-state index < -0.39 is 6.10 Å². The molecule has 0 aliphatic rings. The maximum absolute atomic E-state index is 9.95. The molecule has 2 aromatic carbocycles. The van der Waals surface area contributed by atoms with Crippen molar-refractivity contribution in [1.82, 2.24) is 0 Å². The zero-order chi connectivity index (χ0) is 14.5. The lowest BCUT2D eigenvalue weighted by atomic mass is 10.0. The van der Waals surface area contributed by atoms with Crippen molar-refractivity contribution in [2.75, 3.05) is 6.61 Å². The second-order valence-electron chi connectivity index (χ2n) is 5.59. The quantitative estimate of drug-likeness (QED) is 0.825. The summed E-state index contributed by atoms with van der Waals surface area (Å²) in [6.45, 7) is 6.88. The summed E-state index contributed by atoms with van der Waals surface area (Å²) in [4.78, 5) is 0. The van der Waals surface area contributed by atoms with Crippen LogP contribution < -0.4 is 4.74 Å². The van der Waals surface area contributed by atoms with E-state index in [4.69, 9.17) is 4.74 Å². The van der Waals surface area contributed by atoms with Gasteiger partial charge in [0.2, 0.25) is 0 Å². The zero-order valence-corrected chi connectivity index (χ0v) is 12.6. The van der Waals surface area contributed by atoms with Crippen molar-refractivity contribution >= 4 is 10.8 Å². The van der Waals surface area contributed by atoms with Crippen LogP contribution in [0.1, 0.15) is 45.3 Å². The normalized spacial score (nSPS) is 14.2. The predicted molar refractivity (Wildman–Crippen MR) is 84.1 cm³/mol. The standard InChI is InChI=1S/C18H24O2/c1-4-7-13(2)12-20-18-16(14(3)19)11-10-15-8-5-6-9-17(15)18/h5-6,8-11,13-14,19H,4,7,12H2,1-3H3. The molecule has 0 spiro atoms. The monoisotopic (exact) mass is 272 g/mol. The second-order valence-corrected chi connectivity index (χ2v) is 5.59. The minimum Gasteiger partial charge on any atom is -0.492 e. The third kappa shape index (κ3) is 3.31. The minimum absolute atomic E-state index is 0.518. The van der Waals surface area contributed by atoms with Gasteiger partial charge in [0, 0.05) is 10.9 Å². The van der Waals surface area contributed by atoms with E-state index in [1.807, 2.05) is 24.3 Å². The van der Waals surface area contributed by atoms with E-state index in [0.717, 1.165) is 28.5 Å². The average Bonchev–Trinajstić information content (AvgIpc) is 2.44. The van der Waals surface area contributed by atoms with E-state index in [2.05, 4.69) is 26.0 Å². The molecule has 2 rings (SSSR count). The lowest BCUT2D eigenvalue weighted by Crippen LogP contribution is -2.10. The molecule has 1 N–H and O–H groups in total. The Bertz CT molecular complexity index is 560. The molecule has 2 atom stereocenters. The molecule has 0 saturated carbocycles. The molecule has 0 saturated heterocycles. The molecule has 0 radical (unpaired) electrons. The third-order valence-corrected chi connectivity index (χ3v) is 3.65. The number of fused-ring (bicyclic) bond motifs is 1. The molecule has 0 heterocycles. The summed E-state index contributed by atoms with van der Waals surface area (Å²) in [6.07, 6.45) is 1.81. The van der Waals surface area contributed by atoms with Gasteiger partial charge < -0.3 is 9.84 Å². The maximum atomic E-state index is 9.95.